The van der Waals surface area contributed by atoms with Gasteiger partial charge < -0.3 is 15.2 Å². The summed E-state index contributed by atoms with van der Waals surface area (Å²) in [5.74, 6) is -0.590. The molecule has 2 N–H and O–H groups in total. The number of hydrogen-bond donors (Lipinski definition) is 2. The number of carbonyl (C=O) groups excluding carboxylic acids is 2. The summed E-state index contributed by atoms with van der Waals surface area (Å²) < 4.78 is 43.0. The Bertz CT molecular complexity index is 686. The van der Waals surface area contributed by atoms with Crippen molar-refractivity contribution in [1.82, 2.24) is 4.90 Å². The summed E-state index contributed by atoms with van der Waals surface area (Å²) in [7, 11) is 0. The number of aliphatic hydroxyl groups is 1. The lowest BCUT2D eigenvalue weighted by molar-refractivity contribution is -0.137. The number of halogens is 3. The SMILES string of the molecule is CC1(C)OC(=O)N(CCC(=O)Nc2cccc(C(F)(F)F)c2)[C@@]1(C)O. The predicted octanol–water partition coefficient (Wildman–Crippen LogP) is 2.97. The Hall–Kier alpha value is -2.29. The van der Waals surface area contributed by atoms with E-state index >= 15 is 0 Å². The number of rotatable bonds is 4. The van der Waals surface area contributed by atoms with E-state index in [1.54, 1.807) is 0 Å². The minimum atomic E-state index is -4.51. The Morgan fingerprint density at radius 1 is 1.32 bits per heavy atom. The molecule has 1 saturated heterocycles. The van der Waals surface area contributed by atoms with Crippen LogP contribution in [0.5, 0.6) is 0 Å². The number of ether oxygens (including phenoxy) is 1. The van der Waals surface area contributed by atoms with Gasteiger partial charge in [0.15, 0.2) is 11.3 Å². The molecule has 1 aromatic rings. The lowest BCUT2D eigenvalue weighted by Gasteiger charge is -2.34. The lowest BCUT2D eigenvalue weighted by Crippen LogP contribution is -2.54. The first kappa shape index (κ1) is 19.0. The van der Waals surface area contributed by atoms with Crippen LogP contribution in [-0.2, 0) is 15.7 Å². The largest absolute Gasteiger partial charge is 0.438 e. The van der Waals surface area contributed by atoms with Crippen molar-refractivity contribution in [3.8, 4) is 0 Å². The first-order valence-corrected chi connectivity index (χ1v) is 7.55. The van der Waals surface area contributed by atoms with Crippen LogP contribution in [0.4, 0.5) is 23.7 Å². The summed E-state index contributed by atoms with van der Waals surface area (Å²) in [6.45, 7) is 4.32. The number of nitrogens with zero attached hydrogens (tertiary/aromatic N) is 1. The summed E-state index contributed by atoms with van der Waals surface area (Å²) in [6.07, 6.45) is -5.48. The Morgan fingerprint density at radius 2 is 1.96 bits per heavy atom. The van der Waals surface area contributed by atoms with Crippen molar-refractivity contribution in [2.24, 2.45) is 0 Å². The fourth-order valence-corrected chi connectivity index (χ4v) is 2.39. The molecule has 0 aliphatic carbocycles. The molecular formula is C16H19F3N2O4. The zero-order chi connectivity index (χ0) is 19.0. The zero-order valence-electron chi connectivity index (χ0n) is 14.0. The van der Waals surface area contributed by atoms with Gasteiger partial charge in [0.25, 0.3) is 0 Å². The van der Waals surface area contributed by atoms with E-state index in [1.165, 1.54) is 32.9 Å². The molecular weight excluding hydrogens is 341 g/mol. The van der Waals surface area contributed by atoms with E-state index in [2.05, 4.69) is 5.32 Å². The van der Waals surface area contributed by atoms with Crippen LogP contribution in [0.3, 0.4) is 0 Å². The second-order valence-corrected chi connectivity index (χ2v) is 6.43. The molecule has 0 bridgehead atoms. The smallest absolute Gasteiger partial charge is 0.416 e. The highest BCUT2D eigenvalue weighted by atomic mass is 19.4. The third kappa shape index (κ3) is 3.87. The first-order valence-electron chi connectivity index (χ1n) is 7.55. The van der Waals surface area contributed by atoms with E-state index in [0.717, 1.165) is 17.0 Å². The van der Waals surface area contributed by atoms with Gasteiger partial charge in [0.1, 0.15) is 0 Å². The van der Waals surface area contributed by atoms with Gasteiger partial charge in [0.2, 0.25) is 5.91 Å². The van der Waals surface area contributed by atoms with E-state index in [1.807, 2.05) is 0 Å². The molecule has 1 aliphatic rings. The molecule has 2 amide bonds. The van der Waals surface area contributed by atoms with E-state index in [0.29, 0.717) is 0 Å². The molecule has 9 heteroatoms. The maximum Gasteiger partial charge on any atom is 0.416 e. The highest BCUT2D eigenvalue weighted by Gasteiger charge is 2.56. The van der Waals surface area contributed by atoms with Crippen molar-refractivity contribution in [1.29, 1.82) is 0 Å². The number of benzene rings is 1. The summed E-state index contributed by atoms with van der Waals surface area (Å²) in [5, 5.41) is 12.7. The average molecular weight is 360 g/mol. The van der Waals surface area contributed by atoms with Crippen LogP contribution in [-0.4, -0.2) is 39.9 Å². The molecule has 0 unspecified atom stereocenters. The average Bonchev–Trinajstić information content (AvgIpc) is 2.60. The molecule has 0 saturated carbocycles. The van der Waals surface area contributed by atoms with Crippen LogP contribution < -0.4 is 5.32 Å². The van der Waals surface area contributed by atoms with Gasteiger partial charge in [0, 0.05) is 18.7 Å². The third-order valence-electron chi connectivity index (χ3n) is 4.27. The van der Waals surface area contributed by atoms with Crippen LogP contribution in [0.2, 0.25) is 0 Å². The highest BCUT2D eigenvalue weighted by molar-refractivity contribution is 5.91. The maximum atomic E-state index is 12.7. The molecule has 0 spiro atoms. The Morgan fingerprint density at radius 3 is 2.48 bits per heavy atom. The van der Waals surface area contributed by atoms with Crippen LogP contribution in [0, 0.1) is 0 Å². The zero-order valence-corrected chi connectivity index (χ0v) is 14.0. The van der Waals surface area contributed by atoms with Gasteiger partial charge in [-0.3, -0.25) is 9.69 Å². The summed E-state index contributed by atoms with van der Waals surface area (Å²) in [4.78, 5) is 24.8. The van der Waals surface area contributed by atoms with Crippen LogP contribution in [0.15, 0.2) is 24.3 Å². The van der Waals surface area contributed by atoms with Crippen molar-refractivity contribution in [3.63, 3.8) is 0 Å². The maximum absolute atomic E-state index is 12.7. The quantitative estimate of drug-likeness (QED) is 0.865. The number of hydrogen-bond acceptors (Lipinski definition) is 4. The minimum absolute atomic E-state index is 0.00378. The molecule has 1 fully saturated rings. The fraction of sp³-hybridized carbons (Fsp3) is 0.500. The molecule has 25 heavy (non-hydrogen) atoms. The molecule has 1 atom stereocenters. The second-order valence-electron chi connectivity index (χ2n) is 6.43. The molecule has 1 aliphatic heterocycles. The van der Waals surface area contributed by atoms with Crippen molar-refractivity contribution < 1.29 is 32.6 Å². The summed E-state index contributed by atoms with van der Waals surface area (Å²) in [6, 6.07) is 4.23. The monoisotopic (exact) mass is 360 g/mol. The van der Waals surface area contributed by atoms with Gasteiger partial charge in [-0.1, -0.05) is 6.07 Å². The normalized spacial score (nSPS) is 22.7. The molecule has 1 heterocycles. The number of anilines is 1. The van der Waals surface area contributed by atoms with E-state index in [4.69, 9.17) is 4.74 Å². The number of carbonyl (C=O) groups is 2. The van der Waals surface area contributed by atoms with E-state index in [-0.39, 0.29) is 18.7 Å². The van der Waals surface area contributed by atoms with Crippen molar-refractivity contribution in [2.45, 2.75) is 44.7 Å². The number of cyclic esters (lactones) is 1. The first-order chi connectivity index (χ1) is 11.3. The topological polar surface area (TPSA) is 78.9 Å². The molecule has 2 rings (SSSR count). The van der Waals surface area contributed by atoms with Crippen molar-refractivity contribution in [2.75, 3.05) is 11.9 Å². The molecule has 0 radical (unpaired) electrons. The van der Waals surface area contributed by atoms with Gasteiger partial charge in [-0.15, -0.1) is 0 Å². The lowest BCUT2D eigenvalue weighted by atomic mass is 9.96. The van der Waals surface area contributed by atoms with E-state index < -0.39 is 35.1 Å². The molecule has 138 valence electrons. The summed E-state index contributed by atoms with van der Waals surface area (Å²) >= 11 is 0. The predicted molar refractivity (Wildman–Crippen MR) is 82.6 cm³/mol. The van der Waals surface area contributed by atoms with Gasteiger partial charge in [-0.05, 0) is 39.0 Å². The number of amides is 2. The van der Waals surface area contributed by atoms with Crippen LogP contribution >= 0.6 is 0 Å². The fourth-order valence-electron chi connectivity index (χ4n) is 2.39. The summed E-state index contributed by atoms with van der Waals surface area (Å²) in [5.41, 5.74) is -3.64. The van der Waals surface area contributed by atoms with E-state index in [9.17, 15) is 27.9 Å². The Labute approximate surface area is 142 Å². The minimum Gasteiger partial charge on any atom is -0.438 e. The highest BCUT2D eigenvalue weighted by Crippen LogP contribution is 2.37. The van der Waals surface area contributed by atoms with Crippen LogP contribution in [0.25, 0.3) is 0 Å². The Balaban J connectivity index is 1.99. The second kappa shape index (κ2) is 6.21. The van der Waals surface area contributed by atoms with Crippen molar-refractivity contribution in [3.05, 3.63) is 29.8 Å². The standard InChI is InChI=1S/C16H19F3N2O4/c1-14(2)15(3,24)21(13(23)25-14)8-7-12(22)20-11-6-4-5-10(9-11)16(17,18)19/h4-6,9,24H,7-8H2,1-3H3,(H,20,22)/t15-/m0/s1. The number of nitrogens with one attached hydrogen (secondary N) is 1. The Kier molecular flexibility index (Phi) is 4.73. The molecule has 0 aromatic heterocycles. The van der Waals surface area contributed by atoms with Gasteiger partial charge >= 0.3 is 12.3 Å². The van der Waals surface area contributed by atoms with Gasteiger partial charge in [0.05, 0.1) is 5.56 Å². The molecule has 6 nitrogen and oxygen atoms in total. The van der Waals surface area contributed by atoms with Crippen LogP contribution in [0.1, 0.15) is 32.8 Å². The van der Waals surface area contributed by atoms with Gasteiger partial charge in [-0.25, -0.2) is 4.79 Å². The molecule has 1 aromatic carbocycles. The van der Waals surface area contributed by atoms with Gasteiger partial charge in [-0.2, -0.15) is 13.2 Å². The van der Waals surface area contributed by atoms with Crippen molar-refractivity contribution >= 4 is 17.7 Å². The number of alkyl halides is 3. The third-order valence-corrected chi connectivity index (χ3v) is 4.27.